The molecule has 1 fully saturated rings. The normalized spacial score (nSPS) is 22.8. The van der Waals surface area contributed by atoms with E-state index in [0.29, 0.717) is 29.2 Å². The summed E-state index contributed by atoms with van der Waals surface area (Å²) < 4.78 is 0. The van der Waals surface area contributed by atoms with Crippen LogP contribution in [0.3, 0.4) is 0 Å². The van der Waals surface area contributed by atoms with Crippen LogP contribution in [0.25, 0.3) is 0 Å². The number of anilines is 1. The summed E-state index contributed by atoms with van der Waals surface area (Å²) in [4.78, 5) is 12.9. The smallest absolute Gasteiger partial charge is 0.325 e. The number of nitriles is 1. The molecule has 94 valence electrons. The molecule has 1 aromatic carbocycles. The molecule has 1 unspecified atom stereocenters. The minimum atomic E-state index is -1.25. The number of halogens is 1. The van der Waals surface area contributed by atoms with Crippen LogP contribution in [0.15, 0.2) is 18.2 Å². The number of nitrogens with zero attached hydrogens (tertiary/aromatic N) is 2. The second kappa shape index (κ2) is 4.48. The van der Waals surface area contributed by atoms with Crippen LogP contribution in [0.1, 0.15) is 12.0 Å². The van der Waals surface area contributed by atoms with E-state index in [1.54, 1.807) is 23.1 Å². The van der Waals surface area contributed by atoms with Crippen LogP contribution >= 0.6 is 11.6 Å². The van der Waals surface area contributed by atoms with E-state index < -0.39 is 11.5 Å². The first-order valence-corrected chi connectivity index (χ1v) is 5.81. The average Bonchev–Trinajstić information content (AvgIpc) is 2.73. The van der Waals surface area contributed by atoms with Gasteiger partial charge in [0.25, 0.3) is 0 Å². The molecule has 0 aromatic heterocycles. The Balaban J connectivity index is 2.33. The summed E-state index contributed by atoms with van der Waals surface area (Å²) in [7, 11) is 0. The highest BCUT2D eigenvalue weighted by atomic mass is 35.5. The molecule has 0 amide bonds. The Morgan fingerprint density at radius 3 is 2.89 bits per heavy atom. The van der Waals surface area contributed by atoms with Crippen LogP contribution in [-0.2, 0) is 4.79 Å². The lowest BCUT2D eigenvalue weighted by molar-refractivity contribution is -0.142. The Bertz CT molecular complexity index is 541. The number of hydrogen-bond acceptors (Lipinski definition) is 4. The molecule has 0 aliphatic carbocycles. The van der Waals surface area contributed by atoms with Crippen molar-refractivity contribution in [1.29, 1.82) is 5.26 Å². The van der Waals surface area contributed by atoms with Gasteiger partial charge in [-0.1, -0.05) is 11.6 Å². The number of hydrogen-bond donors (Lipinski definition) is 2. The van der Waals surface area contributed by atoms with Gasteiger partial charge < -0.3 is 15.7 Å². The van der Waals surface area contributed by atoms with Gasteiger partial charge in [0.1, 0.15) is 11.6 Å². The van der Waals surface area contributed by atoms with Crippen molar-refractivity contribution < 1.29 is 9.90 Å². The third-order valence-corrected chi connectivity index (χ3v) is 3.38. The number of carboxylic acids is 1. The van der Waals surface area contributed by atoms with Gasteiger partial charge in [0.05, 0.1) is 11.3 Å². The molecule has 1 heterocycles. The quantitative estimate of drug-likeness (QED) is 0.839. The van der Waals surface area contributed by atoms with Crippen molar-refractivity contribution in [1.82, 2.24) is 0 Å². The SMILES string of the molecule is N#Cc1ccc(Cl)cc1N1CCC(N)(C(=O)O)C1. The fourth-order valence-corrected chi connectivity index (χ4v) is 2.24. The Kier molecular flexibility index (Phi) is 3.16. The molecular formula is C12H12ClN3O2. The first kappa shape index (κ1) is 12.7. The molecule has 0 saturated carbocycles. The van der Waals surface area contributed by atoms with Gasteiger partial charge in [0, 0.05) is 18.1 Å². The van der Waals surface area contributed by atoms with Crippen LogP contribution in [0.4, 0.5) is 5.69 Å². The molecule has 2 rings (SSSR count). The summed E-state index contributed by atoms with van der Waals surface area (Å²) in [6.45, 7) is 0.676. The van der Waals surface area contributed by atoms with Crippen LogP contribution in [-0.4, -0.2) is 29.7 Å². The van der Waals surface area contributed by atoms with E-state index in [1.165, 1.54) is 0 Å². The van der Waals surface area contributed by atoms with E-state index in [9.17, 15) is 4.79 Å². The lowest BCUT2D eigenvalue weighted by Crippen LogP contribution is -2.50. The van der Waals surface area contributed by atoms with E-state index in [1.807, 2.05) is 0 Å². The molecule has 6 heteroatoms. The number of carboxylic acid groups (broad SMARTS) is 1. The van der Waals surface area contributed by atoms with Crippen LogP contribution in [0.2, 0.25) is 5.02 Å². The summed E-state index contributed by atoms with van der Waals surface area (Å²) in [5.74, 6) is -1.02. The molecule has 1 saturated heterocycles. The largest absolute Gasteiger partial charge is 0.480 e. The van der Waals surface area contributed by atoms with E-state index in [0.717, 1.165) is 0 Å². The van der Waals surface area contributed by atoms with E-state index in [-0.39, 0.29) is 6.54 Å². The fourth-order valence-electron chi connectivity index (χ4n) is 2.07. The number of benzene rings is 1. The summed E-state index contributed by atoms with van der Waals surface area (Å²) in [5, 5.41) is 18.6. The Morgan fingerprint density at radius 1 is 1.61 bits per heavy atom. The van der Waals surface area contributed by atoms with Crippen molar-refractivity contribution >= 4 is 23.3 Å². The van der Waals surface area contributed by atoms with E-state index in [4.69, 9.17) is 27.7 Å². The standard InChI is InChI=1S/C12H12ClN3O2/c13-9-2-1-8(6-14)10(5-9)16-4-3-12(15,7-16)11(17)18/h1-2,5H,3-4,7,15H2,(H,17,18). The summed E-state index contributed by atoms with van der Waals surface area (Å²) in [5.41, 5.74) is 5.65. The summed E-state index contributed by atoms with van der Waals surface area (Å²) >= 11 is 5.90. The fraction of sp³-hybridized carbons (Fsp3) is 0.333. The first-order chi connectivity index (χ1) is 8.46. The highest BCUT2D eigenvalue weighted by molar-refractivity contribution is 6.30. The molecule has 5 nitrogen and oxygen atoms in total. The Labute approximate surface area is 109 Å². The maximum atomic E-state index is 11.1. The van der Waals surface area contributed by atoms with E-state index in [2.05, 4.69) is 6.07 Å². The second-order valence-corrected chi connectivity index (χ2v) is 4.84. The minimum Gasteiger partial charge on any atom is -0.480 e. The van der Waals surface area contributed by atoms with Crippen molar-refractivity contribution in [2.75, 3.05) is 18.0 Å². The molecule has 1 aliphatic heterocycles. The van der Waals surface area contributed by atoms with Gasteiger partial charge in [-0.2, -0.15) is 5.26 Å². The number of carbonyl (C=O) groups is 1. The summed E-state index contributed by atoms with van der Waals surface area (Å²) in [6.07, 6.45) is 0.347. The molecule has 0 radical (unpaired) electrons. The van der Waals surface area contributed by atoms with Gasteiger partial charge in [-0.3, -0.25) is 4.79 Å². The Morgan fingerprint density at radius 2 is 2.33 bits per heavy atom. The number of rotatable bonds is 2. The first-order valence-electron chi connectivity index (χ1n) is 5.43. The number of aliphatic carboxylic acids is 1. The molecule has 1 aromatic rings. The van der Waals surface area contributed by atoms with Gasteiger partial charge in [0.2, 0.25) is 0 Å². The maximum absolute atomic E-state index is 11.1. The highest BCUT2D eigenvalue weighted by Crippen LogP contribution is 2.30. The van der Waals surface area contributed by atoms with Crippen LogP contribution in [0, 0.1) is 11.3 Å². The van der Waals surface area contributed by atoms with Gasteiger partial charge in [-0.05, 0) is 24.6 Å². The molecule has 3 N–H and O–H groups in total. The van der Waals surface area contributed by atoms with Gasteiger partial charge >= 0.3 is 5.97 Å². The van der Waals surface area contributed by atoms with Crippen molar-refractivity contribution in [2.45, 2.75) is 12.0 Å². The predicted molar refractivity (Wildman–Crippen MR) is 67.6 cm³/mol. The third kappa shape index (κ3) is 2.13. The summed E-state index contributed by atoms with van der Waals surface area (Å²) in [6, 6.07) is 6.98. The van der Waals surface area contributed by atoms with Crippen molar-refractivity contribution in [3.63, 3.8) is 0 Å². The molecule has 0 bridgehead atoms. The van der Waals surface area contributed by atoms with Crippen molar-refractivity contribution in [3.8, 4) is 6.07 Å². The van der Waals surface area contributed by atoms with Crippen molar-refractivity contribution in [2.24, 2.45) is 5.73 Å². The zero-order valence-corrected chi connectivity index (χ0v) is 10.3. The topological polar surface area (TPSA) is 90.4 Å². The van der Waals surface area contributed by atoms with Crippen molar-refractivity contribution in [3.05, 3.63) is 28.8 Å². The highest BCUT2D eigenvalue weighted by Gasteiger charge is 2.41. The molecule has 18 heavy (non-hydrogen) atoms. The average molecular weight is 266 g/mol. The molecule has 1 atom stereocenters. The zero-order chi connectivity index (χ0) is 13.3. The molecular weight excluding hydrogens is 254 g/mol. The third-order valence-electron chi connectivity index (χ3n) is 3.15. The second-order valence-electron chi connectivity index (χ2n) is 4.41. The minimum absolute atomic E-state index is 0.178. The van der Waals surface area contributed by atoms with E-state index >= 15 is 0 Å². The predicted octanol–water partition coefficient (Wildman–Crippen LogP) is 1.20. The van der Waals surface area contributed by atoms with Gasteiger partial charge in [-0.15, -0.1) is 0 Å². The number of nitrogens with two attached hydrogens (primary N) is 1. The monoisotopic (exact) mass is 265 g/mol. The lowest BCUT2D eigenvalue weighted by atomic mass is 10.0. The molecule has 1 aliphatic rings. The lowest BCUT2D eigenvalue weighted by Gasteiger charge is -2.22. The Hall–Kier alpha value is -1.77. The van der Waals surface area contributed by atoms with Crippen LogP contribution < -0.4 is 10.6 Å². The van der Waals surface area contributed by atoms with Crippen LogP contribution in [0.5, 0.6) is 0 Å². The maximum Gasteiger partial charge on any atom is 0.325 e. The van der Waals surface area contributed by atoms with Gasteiger partial charge in [0.15, 0.2) is 0 Å². The zero-order valence-electron chi connectivity index (χ0n) is 9.56. The van der Waals surface area contributed by atoms with Gasteiger partial charge in [-0.25, -0.2) is 0 Å². The molecule has 0 spiro atoms.